The summed E-state index contributed by atoms with van der Waals surface area (Å²) in [5.74, 6) is 2.13. The van der Waals surface area contributed by atoms with Gasteiger partial charge in [-0.05, 0) is 62.9 Å². The lowest BCUT2D eigenvalue weighted by molar-refractivity contribution is -0.121. The fourth-order valence-electron chi connectivity index (χ4n) is 3.88. The molecule has 2 heterocycles. The molecule has 2 aliphatic rings. The second-order valence-corrected chi connectivity index (χ2v) is 7.40. The van der Waals surface area contributed by atoms with Crippen LogP contribution in [0.3, 0.4) is 0 Å². The van der Waals surface area contributed by atoms with E-state index in [1.165, 1.54) is 5.56 Å². The van der Waals surface area contributed by atoms with Crippen LogP contribution in [0, 0.1) is 5.92 Å². The van der Waals surface area contributed by atoms with Crippen LogP contribution >= 0.6 is 0 Å². The number of nitrogens with zero attached hydrogens (tertiary/aromatic N) is 1. The Hall–Kier alpha value is -2.53. The van der Waals surface area contributed by atoms with E-state index >= 15 is 0 Å². The summed E-state index contributed by atoms with van der Waals surface area (Å²) in [5, 5.41) is 3.00. The largest absolute Gasteiger partial charge is 0.454 e. The Morgan fingerprint density at radius 1 is 1.11 bits per heavy atom. The van der Waals surface area contributed by atoms with E-state index in [-0.39, 0.29) is 18.7 Å². The first kappa shape index (κ1) is 17.9. The maximum atomic E-state index is 12.7. The molecule has 0 unspecified atom stereocenters. The molecule has 142 valence electrons. The highest BCUT2D eigenvalue weighted by Gasteiger charge is 2.27. The van der Waals surface area contributed by atoms with Gasteiger partial charge in [0.05, 0.1) is 6.04 Å². The van der Waals surface area contributed by atoms with Gasteiger partial charge in [0.15, 0.2) is 11.5 Å². The number of hydrogen-bond donors (Lipinski definition) is 1. The molecule has 0 aliphatic carbocycles. The van der Waals surface area contributed by atoms with Gasteiger partial charge in [-0.3, -0.25) is 9.69 Å². The minimum Gasteiger partial charge on any atom is -0.454 e. The molecule has 0 bridgehead atoms. The molecule has 0 spiro atoms. The summed E-state index contributed by atoms with van der Waals surface area (Å²) in [6.07, 6.45) is 3.40. The second kappa shape index (κ2) is 8.01. The highest BCUT2D eigenvalue weighted by Crippen LogP contribution is 2.34. The smallest absolute Gasteiger partial charge is 0.241 e. The molecule has 1 atom stereocenters. The highest BCUT2D eigenvalue weighted by molar-refractivity contribution is 5.94. The van der Waals surface area contributed by atoms with Crippen molar-refractivity contribution in [2.75, 3.05) is 25.2 Å². The number of rotatable bonds is 5. The second-order valence-electron chi connectivity index (χ2n) is 7.40. The van der Waals surface area contributed by atoms with Crippen molar-refractivity contribution in [3.8, 4) is 11.5 Å². The summed E-state index contributed by atoms with van der Waals surface area (Å²) in [5.41, 5.74) is 2.15. The van der Waals surface area contributed by atoms with Crippen LogP contribution in [0.1, 0.15) is 25.3 Å². The molecule has 0 radical (unpaired) electrons. The zero-order valence-electron chi connectivity index (χ0n) is 15.7. The molecule has 4 rings (SSSR count). The van der Waals surface area contributed by atoms with Crippen LogP contribution in [0.15, 0.2) is 48.5 Å². The average molecular weight is 366 g/mol. The van der Waals surface area contributed by atoms with Crippen LogP contribution in [0.2, 0.25) is 0 Å². The van der Waals surface area contributed by atoms with Crippen molar-refractivity contribution in [3.05, 3.63) is 54.1 Å². The van der Waals surface area contributed by atoms with Crippen LogP contribution in [-0.2, 0) is 11.2 Å². The predicted octanol–water partition coefficient (Wildman–Crippen LogP) is 3.70. The normalized spacial score (nSPS) is 18.3. The molecule has 2 aromatic rings. The van der Waals surface area contributed by atoms with Crippen LogP contribution in [-0.4, -0.2) is 36.7 Å². The minimum absolute atomic E-state index is 0.0235. The molecule has 2 aliphatic heterocycles. The van der Waals surface area contributed by atoms with Crippen LogP contribution in [0.4, 0.5) is 5.69 Å². The topological polar surface area (TPSA) is 50.8 Å². The van der Waals surface area contributed by atoms with Crippen LogP contribution in [0.5, 0.6) is 11.5 Å². The Labute approximate surface area is 160 Å². The average Bonchev–Trinajstić information content (AvgIpc) is 3.16. The Bertz CT molecular complexity index is 785. The zero-order valence-corrected chi connectivity index (χ0v) is 15.7. The van der Waals surface area contributed by atoms with E-state index in [0.29, 0.717) is 11.7 Å². The van der Waals surface area contributed by atoms with Gasteiger partial charge < -0.3 is 14.8 Å². The molecule has 27 heavy (non-hydrogen) atoms. The van der Waals surface area contributed by atoms with E-state index in [2.05, 4.69) is 40.5 Å². The molecular weight excluding hydrogens is 340 g/mol. The van der Waals surface area contributed by atoms with Crippen molar-refractivity contribution < 1.29 is 14.3 Å². The van der Waals surface area contributed by atoms with Crippen molar-refractivity contribution in [2.24, 2.45) is 5.92 Å². The summed E-state index contributed by atoms with van der Waals surface area (Å²) in [7, 11) is 0. The lowest BCUT2D eigenvalue weighted by Gasteiger charge is -2.35. The summed E-state index contributed by atoms with van der Waals surface area (Å²) in [6.45, 7) is 4.15. The van der Waals surface area contributed by atoms with E-state index in [0.717, 1.165) is 43.8 Å². The molecule has 1 N–H and O–H groups in total. The van der Waals surface area contributed by atoms with Gasteiger partial charge in [-0.15, -0.1) is 0 Å². The lowest BCUT2D eigenvalue weighted by Crippen LogP contribution is -2.46. The SMILES string of the molecule is C[C@@H](C(=O)Nc1ccc2c(c1)OCO2)N1CCC(Cc2ccccc2)CC1. The lowest BCUT2D eigenvalue weighted by atomic mass is 9.89. The van der Waals surface area contributed by atoms with Gasteiger partial charge >= 0.3 is 0 Å². The fraction of sp³-hybridized carbons (Fsp3) is 0.409. The van der Waals surface area contributed by atoms with Gasteiger partial charge in [-0.2, -0.15) is 0 Å². The maximum absolute atomic E-state index is 12.7. The summed E-state index contributed by atoms with van der Waals surface area (Å²) >= 11 is 0. The molecule has 1 amide bonds. The van der Waals surface area contributed by atoms with E-state index in [1.807, 2.05) is 25.1 Å². The van der Waals surface area contributed by atoms with Crippen LogP contribution < -0.4 is 14.8 Å². The van der Waals surface area contributed by atoms with Gasteiger partial charge in [0.25, 0.3) is 0 Å². The van der Waals surface area contributed by atoms with Crippen molar-refractivity contribution in [2.45, 2.75) is 32.2 Å². The third-order valence-electron chi connectivity index (χ3n) is 5.58. The molecule has 0 saturated carbocycles. The molecule has 1 fully saturated rings. The van der Waals surface area contributed by atoms with Gasteiger partial charge in [-0.1, -0.05) is 30.3 Å². The number of benzene rings is 2. The van der Waals surface area contributed by atoms with Gasteiger partial charge in [0, 0.05) is 11.8 Å². The molecule has 2 aromatic carbocycles. The Morgan fingerprint density at radius 3 is 2.63 bits per heavy atom. The quantitative estimate of drug-likeness (QED) is 0.877. The van der Waals surface area contributed by atoms with Gasteiger partial charge in [0.2, 0.25) is 12.7 Å². The van der Waals surface area contributed by atoms with Crippen molar-refractivity contribution in [1.82, 2.24) is 4.90 Å². The van der Waals surface area contributed by atoms with Gasteiger partial charge in [-0.25, -0.2) is 0 Å². The summed E-state index contributed by atoms with van der Waals surface area (Å²) < 4.78 is 10.7. The van der Waals surface area contributed by atoms with Crippen LogP contribution in [0.25, 0.3) is 0 Å². The molecular formula is C22H26N2O3. The zero-order chi connectivity index (χ0) is 18.6. The molecule has 1 saturated heterocycles. The first-order valence-electron chi connectivity index (χ1n) is 9.67. The third-order valence-corrected chi connectivity index (χ3v) is 5.58. The van der Waals surface area contributed by atoms with Crippen molar-refractivity contribution >= 4 is 11.6 Å². The minimum atomic E-state index is -0.145. The third kappa shape index (κ3) is 4.25. The Morgan fingerprint density at radius 2 is 1.85 bits per heavy atom. The predicted molar refractivity (Wildman–Crippen MR) is 105 cm³/mol. The summed E-state index contributed by atoms with van der Waals surface area (Å²) in [4.78, 5) is 14.9. The molecule has 0 aromatic heterocycles. The van der Waals surface area contributed by atoms with Crippen molar-refractivity contribution in [1.29, 1.82) is 0 Å². The van der Waals surface area contributed by atoms with Crippen molar-refractivity contribution in [3.63, 3.8) is 0 Å². The Balaban J connectivity index is 1.28. The maximum Gasteiger partial charge on any atom is 0.241 e. The van der Waals surface area contributed by atoms with E-state index in [1.54, 1.807) is 0 Å². The number of amides is 1. The van der Waals surface area contributed by atoms with Gasteiger partial charge in [0.1, 0.15) is 0 Å². The number of piperidine rings is 1. The molecule has 5 nitrogen and oxygen atoms in total. The fourth-order valence-corrected chi connectivity index (χ4v) is 3.88. The number of carbonyl (C=O) groups is 1. The van der Waals surface area contributed by atoms with E-state index < -0.39 is 0 Å². The van der Waals surface area contributed by atoms with E-state index in [4.69, 9.17) is 9.47 Å². The standard InChI is InChI=1S/C22H26N2O3/c1-16(22(25)23-19-7-8-20-21(14-19)27-15-26-20)24-11-9-18(10-12-24)13-17-5-3-2-4-6-17/h2-8,14,16,18H,9-13,15H2,1H3,(H,23,25)/t16-/m0/s1. The van der Waals surface area contributed by atoms with E-state index in [9.17, 15) is 4.79 Å². The first-order chi connectivity index (χ1) is 13.2. The number of carbonyl (C=O) groups excluding carboxylic acids is 1. The first-order valence-corrected chi connectivity index (χ1v) is 9.67. The number of anilines is 1. The number of ether oxygens (including phenoxy) is 2. The Kier molecular flexibility index (Phi) is 5.30. The number of hydrogen-bond acceptors (Lipinski definition) is 4. The summed E-state index contributed by atoms with van der Waals surface area (Å²) in [6, 6.07) is 16.0. The monoisotopic (exact) mass is 366 g/mol. The number of fused-ring (bicyclic) bond motifs is 1. The molecule has 5 heteroatoms. The highest BCUT2D eigenvalue weighted by atomic mass is 16.7. The number of nitrogens with one attached hydrogen (secondary N) is 1. The number of likely N-dealkylation sites (tertiary alicyclic amines) is 1.